The van der Waals surface area contributed by atoms with E-state index >= 15 is 0 Å². The predicted molar refractivity (Wildman–Crippen MR) is 79.6 cm³/mol. The Balaban J connectivity index is 2.20. The molecule has 0 radical (unpaired) electrons. The summed E-state index contributed by atoms with van der Waals surface area (Å²) in [4.78, 5) is 11.9. The van der Waals surface area contributed by atoms with Crippen LogP contribution in [0.1, 0.15) is 21.5 Å². The summed E-state index contributed by atoms with van der Waals surface area (Å²) in [6, 6.07) is 8.70. The molecule has 2 aromatic rings. The number of rotatable bonds is 3. The number of amides is 1. The van der Waals surface area contributed by atoms with Crippen molar-refractivity contribution in [1.29, 1.82) is 0 Å². The van der Waals surface area contributed by atoms with Crippen LogP contribution >= 0.6 is 11.6 Å². The highest BCUT2D eigenvalue weighted by molar-refractivity contribution is 6.33. The SMILES string of the molecule is O=C(N/N=C/c1c(O)cccc1Cl)c1ccccc1C(F)(F)F. The van der Waals surface area contributed by atoms with E-state index < -0.39 is 23.2 Å². The number of phenols is 1. The number of nitrogens with zero attached hydrogens (tertiary/aromatic N) is 1. The van der Waals surface area contributed by atoms with Gasteiger partial charge in [-0.15, -0.1) is 0 Å². The molecule has 0 heterocycles. The van der Waals surface area contributed by atoms with Gasteiger partial charge in [0.1, 0.15) is 5.75 Å². The van der Waals surface area contributed by atoms with E-state index in [0.29, 0.717) is 0 Å². The summed E-state index contributed by atoms with van der Waals surface area (Å²) in [7, 11) is 0. The lowest BCUT2D eigenvalue weighted by Gasteiger charge is -2.11. The second-order valence-corrected chi connectivity index (χ2v) is 4.82. The van der Waals surface area contributed by atoms with E-state index in [1.807, 2.05) is 5.43 Å². The van der Waals surface area contributed by atoms with E-state index in [9.17, 15) is 23.1 Å². The Morgan fingerprint density at radius 1 is 1.17 bits per heavy atom. The smallest absolute Gasteiger partial charge is 0.417 e. The quantitative estimate of drug-likeness (QED) is 0.658. The van der Waals surface area contributed by atoms with E-state index in [1.54, 1.807) is 0 Å². The van der Waals surface area contributed by atoms with Crippen molar-refractivity contribution in [3.05, 3.63) is 64.2 Å². The van der Waals surface area contributed by atoms with Crippen LogP contribution in [0.5, 0.6) is 5.75 Å². The van der Waals surface area contributed by atoms with Gasteiger partial charge in [-0.05, 0) is 24.3 Å². The minimum atomic E-state index is -4.65. The van der Waals surface area contributed by atoms with Crippen molar-refractivity contribution < 1.29 is 23.1 Å². The maximum atomic E-state index is 12.8. The zero-order valence-corrected chi connectivity index (χ0v) is 12.2. The molecule has 120 valence electrons. The van der Waals surface area contributed by atoms with E-state index in [2.05, 4.69) is 5.10 Å². The fourth-order valence-corrected chi connectivity index (χ4v) is 2.02. The van der Waals surface area contributed by atoms with Gasteiger partial charge in [0.15, 0.2) is 0 Å². The summed E-state index contributed by atoms with van der Waals surface area (Å²) in [5.74, 6) is -1.20. The molecule has 0 atom stereocenters. The number of hydrogen-bond donors (Lipinski definition) is 2. The number of halogens is 4. The molecule has 1 amide bonds. The molecule has 0 fully saturated rings. The van der Waals surface area contributed by atoms with Gasteiger partial charge in [-0.3, -0.25) is 4.79 Å². The molecule has 0 bridgehead atoms. The number of phenolic OH excluding ortho intramolecular Hbond substituents is 1. The van der Waals surface area contributed by atoms with Crippen molar-refractivity contribution in [2.24, 2.45) is 5.10 Å². The van der Waals surface area contributed by atoms with Gasteiger partial charge in [-0.1, -0.05) is 29.8 Å². The predicted octanol–water partition coefficient (Wildman–Crippen LogP) is 3.83. The minimum Gasteiger partial charge on any atom is -0.507 e. The third-order valence-corrected chi connectivity index (χ3v) is 3.20. The van der Waals surface area contributed by atoms with E-state index in [1.165, 1.54) is 30.3 Å². The first-order valence-corrected chi connectivity index (χ1v) is 6.65. The fourth-order valence-electron chi connectivity index (χ4n) is 1.80. The molecule has 2 N–H and O–H groups in total. The monoisotopic (exact) mass is 342 g/mol. The average molecular weight is 343 g/mol. The van der Waals surface area contributed by atoms with Crippen molar-refractivity contribution in [3.8, 4) is 5.75 Å². The van der Waals surface area contributed by atoms with Gasteiger partial charge < -0.3 is 5.11 Å². The lowest BCUT2D eigenvalue weighted by molar-refractivity contribution is -0.137. The van der Waals surface area contributed by atoms with Crippen molar-refractivity contribution in [3.63, 3.8) is 0 Å². The number of hydrogen-bond acceptors (Lipinski definition) is 3. The van der Waals surface area contributed by atoms with Gasteiger partial charge in [0.05, 0.1) is 27.9 Å². The number of alkyl halides is 3. The molecule has 2 rings (SSSR count). The number of carbonyl (C=O) groups is 1. The lowest BCUT2D eigenvalue weighted by Crippen LogP contribution is -2.22. The number of hydrazone groups is 1. The number of nitrogens with one attached hydrogen (secondary N) is 1. The Kier molecular flexibility index (Phi) is 4.90. The molecule has 23 heavy (non-hydrogen) atoms. The van der Waals surface area contributed by atoms with E-state index in [-0.39, 0.29) is 16.3 Å². The highest BCUT2D eigenvalue weighted by atomic mass is 35.5. The molecule has 0 spiro atoms. The maximum absolute atomic E-state index is 12.8. The molecule has 0 aliphatic carbocycles. The van der Waals surface area contributed by atoms with Crippen molar-refractivity contribution >= 4 is 23.7 Å². The molecule has 2 aromatic carbocycles. The van der Waals surface area contributed by atoms with Gasteiger partial charge in [0, 0.05) is 0 Å². The summed E-state index contributed by atoms with van der Waals surface area (Å²) in [6.07, 6.45) is -3.61. The summed E-state index contributed by atoms with van der Waals surface area (Å²) in [6.45, 7) is 0. The highest BCUT2D eigenvalue weighted by Gasteiger charge is 2.34. The van der Waals surface area contributed by atoms with Crippen LogP contribution in [0.3, 0.4) is 0 Å². The zero-order chi connectivity index (χ0) is 17.0. The zero-order valence-electron chi connectivity index (χ0n) is 11.4. The molecule has 0 aliphatic heterocycles. The second kappa shape index (κ2) is 6.70. The Hall–Kier alpha value is -2.54. The topological polar surface area (TPSA) is 61.7 Å². The molecule has 0 aromatic heterocycles. The van der Waals surface area contributed by atoms with Crippen LogP contribution < -0.4 is 5.43 Å². The van der Waals surface area contributed by atoms with Crippen LogP contribution in [0.2, 0.25) is 5.02 Å². The molecule has 4 nitrogen and oxygen atoms in total. The van der Waals surface area contributed by atoms with Crippen molar-refractivity contribution in [2.45, 2.75) is 6.18 Å². The molecule has 0 unspecified atom stereocenters. The standard InChI is InChI=1S/C15H10ClF3N2O2/c16-12-6-3-7-13(22)10(12)8-20-21-14(23)9-4-1-2-5-11(9)15(17,18)19/h1-8,22H,(H,21,23)/b20-8+. The Morgan fingerprint density at radius 2 is 1.87 bits per heavy atom. The molecule has 8 heteroatoms. The van der Waals surface area contributed by atoms with Crippen LogP contribution in [0.4, 0.5) is 13.2 Å². The van der Waals surface area contributed by atoms with Gasteiger partial charge >= 0.3 is 6.18 Å². The molecular weight excluding hydrogens is 333 g/mol. The van der Waals surface area contributed by atoms with Crippen LogP contribution in [0, 0.1) is 0 Å². The van der Waals surface area contributed by atoms with Crippen LogP contribution in [0.25, 0.3) is 0 Å². The number of benzene rings is 2. The average Bonchev–Trinajstić information content (AvgIpc) is 2.49. The first-order valence-electron chi connectivity index (χ1n) is 6.28. The van der Waals surface area contributed by atoms with Gasteiger partial charge in [-0.2, -0.15) is 18.3 Å². The first-order chi connectivity index (χ1) is 10.8. The maximum Gasteiger partial charge on any atom is 0.417 e. The highest BCUT2D eigenvalue weighted by Crippen LogP contribution is 2.31. The Labute approximate surface area is 134 Å². The van der Waals surface area contributed by atoms with Crippen molar-refractivity contribution in [2.75, 3.05) is 0 Å². The molecule has 0 aliphatic rings. The summed E-state index contributed by atoms with van der Waals surface area (Å²) in [5, 5.41) is 13.3. The third kappa shape index (κ3) is 4.01. The van der Waals surface area contributed by atoms with E-state index in [4.69, 9.17) is 11.6 Å². The molecule has 0 saturated heterocycles. The third-order valence-electron chi connectivity index (χ3n) is 2.87. The minimum absolute atomic E-state index is 0.138. The lowest BCUT2D eigenvalue weighted by atomic mass is 10.1. The van der Waals surface area contributed by atoms with Gasteiger partial charge in [0.2, 0.25) is 0 Å². The van der Waals surface area contributed by atoms with Gasteiger partial charge in [0.25, 0.3) is 5.91 Å². The number of aromatic hydroxyl groups is 1. The fraction of sp³-hybridized carbons (Fsp3) is 0.0667. The van der Waals surface area contributed by atoms with E-state index in [0.717, 1.165) is 18.3 Å². The van der Waals surface area contributed by atoms with Crippen LogP contribution in [-0.4, -0.2) is 17.2 Å². The van der Waals surface area contributed by atoms with Crippen LogP contribution in [0.15, 0.2) is 47.6 Å². The molecular formula is C15H10ClF3N2O2. The first kappa shape index (κ1) is 16.8. The Morgan fingerprint density at radius 3 is 2.52 bits per heavy atom. The Bertz CT molecular complexity index is 740. The number of carbonyl (C=O) groups excluding carboxylic acids is 1. The second-order valence-electron chi connectivity index (χ2n) is 4.42. The summed E-state index contributed by atoms with van der Waals surface area (Å²) < 4.78 is 38.5. The summed E-state index contributed by atoms with van der Waals surface area (Å²) in [5.41, 5.74) is 0.496. The molecule has 0 saturated carbocycles. The van der Waals surface area contributed by atoms with Crippen molar-refractivity contribution in [1.82, 2.24) is 5.43 Å². The summed E-state index contributed by atoms with van der Waals surface area (Å²) >= 11 is 5.83. The largest absolute Gasteiger partial charge is 0.507 e. The van der Waals surface area contributed by atoms with Gasteiger partial charge in [-0.25, -0.2) is 5.43 Å². The normalized spacial score (nSPS) is 11.7. The van der Waals surface area contributed by atoms with Crippen LogP contribution in [-0.2, 0) is 6.18 Å².